The van der Waals surface area contributed by atoms with Crippen molar-refractivity contribution in [2.45, 2.75) is 13.2 Å². The summed E-state index contributed by atoms with van der Waals surface area (Å²) in [6.45, 7) is -0.304. The van der Waals surface area contributed by atoms with E-state index in [1.165, 1.54) is 12.1 Å². The van der Waals surface area contributed by atoms with Crippen molar-refractivity contribution >= 4 is 5.69 Å². The summed E-state index contributed by atoms with van der Waals surface area (Å²) in [7, 11) is 0. The van der Waals surface area contributed by atoms with Gasteiger partial charge < -0.3 is 14.4 Å². The lowest BCUT2D eigenvalue weighted by Gasteiger charge is -2.05. The Balaban J connectivity index is 2.18. The molecule has 0 aliphatic rings. The molecule has 1 heterocycles. The molecule has 0 spiro atoms. The molecule has 0 atom stereocenters. The molecule has 1 N–H and O–H groups in total. The zero-order chi connectivity index (χ0) is 13.0. The van der Waals surface area contributed by atoms with Gasteiger partial charge in [-0.1, -0.05) is 11.2 Å². The maximum Gasteiger partial charge on any atom is 0.311 e. The standard InChI is InChI=1S/C10H9N3O5/c14-4-7-1-2-9(8(3-7)13(15)16)17-5-10-11-6-18-12-10/h1-3,6,14H,4-5H2. The lowest BCUT2D eigenvalue weighted by atomic mass is 10.2. The Morgan fingerprint density at radius 3 is 2.94 bits per heavy atom. The average molecular weight is 251 g/mol. The summed E-state index contributed by atoms with van der Waals surface area (Å²) in [5.41, 5.74) is 0.221. The van der Waals surface area contributed by atoms with Crippen molar-refractivity contribution in [3.05, 3.63) is 46.1 Å². The number of rotatable bonds is 5. The molecular weight excluding hydrogens is 242 g/mol. The monoisotopic (exact) mass is 251 g/mol. The van der Waals surface area contributed by atoms with E-state index in [1.54, 1.807) is 6.07 Å². The van der Waals surface area contributed by atoms with Crippen LogP contribution in [0.2, 0.25) is 0 Å². The summed E-state index contributed by atoms with van der Waals surface area (Å²) in [6, 6.07) is 4.22. The highest BCUT2D eigenvalue weighted by Crippen LogP contribution is 2.28. The number of aromatic nitrogens is 2. The SMILES string of the molecule is O=[N+]([O-])c1cc(CO)ccc1OCc1ncon1. The molecule has 18 heavy (non-hydrogen) atoms. The quantitative estimate of drug-likeness (QED) is 0.624. The van der Waals surface area contributed by atoms with Crippen LogP contribution in [0.15, 0.2) is 29.1 Å². The van der Waals surface area contributed by atoms with E-state index in [9.17, 15) is 10.1 Å². The molecular formula is C10H9N3O5. The number of nitro groups is 1. The summed E-state index contributed by atoms with van der Waals surface area (Å²) >= 11 is 0. The lowest BCUT2D eigenvalue weighted by molar-refractivity contribution is -0.386. The molecule has 1 aromatic carbocycles. The van der Waals surface area contributed by atoms with E-state index in [2.05, 4.69) is 14.7 Å². The Hall–Kier alpha value is -2.48. The molecule has 2 rings (SSSR count). The van der Waals surface area contributed by atoms with Crippen LogP contribution in [0.1, 0.15) is 11.4 Å². The highest BCUT2D eigenvalue weighted by Gasteiger charge is 2.16. The second kappa shape index (κ2) is 5.23. The van der Waals surface area contributed by atoms with E-state index in [4.69, 9.17) is 9.84 Å². The van der Waals surface area contributed by atoms with Gasteiger partial charge >= 0.3 is 5.69 Å². The maximum absolute atomic E-state index is 10.8. The van der Waals surface area contributed by atoms with E-state index >= 15 is 0 Å². The number of ether oxygens (including phenoxy) is 1. The predicted molar refractivity (Wildman–Crippen MR) is 57.6 cm³/mol. The highest BCUT2D eigenvalue weighted by molar-refractivity contribution is 5.48. The molecule has 0 aliphatic heterocycles. The molecule has 8 nitrogen and oxygen atoms in total. The Kier molecular flexibility index (Phi) is 3.49. The topological polar surface area (TPSA) is 112 Å². The van der Waals surface area contributed by atoms with Crippen LogP contribution in [0, 0.1) is 10.1 Å². The minimum absolute atomic E-state index is 0.0319. The largest absolute Gasteiger partial charge is 0.478 e. The summed E-state index contributed by atoms with van der Waals surface area (Å²) in [6.07, 6.45) is 1.14. The van der Waals surface area contributed by atoms with Gasteiger partial charge in [-0.25, -0.2) is 0 Å². The minimum atomic E-state index is -0.579. The summed E-state index contributed by atoms with van der Waals surface area (Å²) < 4.78 is 9.74. The van der Waals surface area contributed by atoms with Gasteiger partial charge in [-0.3, -0.25) is 10.1 Å². The first-order valence-corrected chi connectivity index (χ1v) is 4.97. The zero-order valence-electron chi connectivity index (χ0n) is 9.15. The number of aliphatic hydroxyl groups is 1. The molecule has 0 saturated heterocycles. The van der Waals surface area contributed by atoms with Gasteiger partial charge in [0.1, 0.15) is 0 Å². The number of aliphatic hydroxyl groups excluding tert-OH is 1. The van der Waals surface area contributed by atoms with Gasteiger partial charge in [0.05, 0.1) is 11.5 Å². The van der Waals surface area contributed by atoms with Crippen LogP contribution in [0.5, 0.6) is 5.75 Å². The van der Waals surface area contributed by atoms with Gasteiger partial charge in [0.15, 0.2) is 12.4 Å². The van der Waals surface area contributed by atoms with Crippen LogP contribution in [0.4, 0.5) is 5.69 Å². The van der Waals surface area contributed by atoms with E-state index in [0.29, 0.717) is 5.56 Å². The lowest BCUT2D eigenvalue weighted by Crippen LogP contribution is -2.01. The van der Waals surface area contributed by atoms with Crippen molar-refractivity contribution in [3.8, 4) is 5.75 Å². The summed E-state index contributed by atoms with van der Waals surface area (Å²) in [5, 5.41) is 23.3. The van der Waals surface area contributed by atoms with E-state index in [-0.39, 0.29) is 30.5 Å². The van der Waals surface area contributed by atoms with Crippen molar-refractivity contribution < 1.29 is 19.3 Å². The Labute approximate surface area is 101 Å². The Morgan fingerprint density at radius 2 is 2.33 bits per heavy atom. The van der Waals surface area contributed by atoms with E-state index in [1.807, 2.05) is 0 Å². The molecule has 8 heteroatoms. The van der Waals surface area contributed by atoms with Crippen LogP contribution >= 0.6 is 0 Å². The second-order valence-electron chi connectivity index (χ2n) is 3.35. The second-order valence-corrected chi connectivity index (χ2v) is 3.35. The molecule has 0 saturated carbocycles. The zero-order valence-corrected chi connectivity index (χ0v) is 9.15. The van der Waals surface area contributed by atoms with Crippen molar-refractivity contribution in [3.63, 3.8) is 0 Å². The third-order valence-corrected chi connectivity index (χ3v) is 2.17. The summed E-state index contributed by atoms with van der Waals surface area (Å²) in [4.78, 5) is 14.0. The van der Waals surface area contributed by atoms with Gasteiger partial charge in [-0.2, -0.15) is 4.98 Å². The fourth-order valence-electron chi connectivity index (χ4n) is 1.32. The minimum Gasteiger partial charge on any atom is -0.478 e. The number of nitro benzene ring substituents is 1. The first-order valence-electron chi connectivity index (χ1n) is 4.97. The Bertz CT molecular complexity index is 540. The van der Waals surface area contributed by atoms with E-state index in [0.717, 1.165) is 6.39 Å². The number of hydrogen-bond donors (Lipinski definition) is 1. The normalized spacial score (nSPS) is 10.3. The number of benzene rings is 1. The Morgan fingerprint density at radius 1 is 1.50 bits per heavy atom. The summed E-state index contributed by atoms with van der Waals surface area (Å²) in [5.74, 6) is 0.373. The van der Waals surface area contributed by atoms with Crippen molar-refractivity contribution in [1.29, 1.82) is 0 Å². The van der Waals surface area contributed by atoms with Crippen molar-refractivity contribution in [2.75, 3.05) is 0 Å². The fourth-order valence-corrected chi connectivity index (χ4v) is 1.32. The molecule has 2 aromatic rings. The first kappa shape index (κ1) is 12.0. The number of nitrogens with zero attached hydrogens (tertiary/aromatic N) is 3. The van der Waals surface area contributed by atoms with Crippen LogP contribution < -0.4 is 4.74 Å². The fraction of sp³-hybridized carbons (Fsp3) is 0.200. The third-order valence-electron chi connectivity index (χ3n) is 2.17. The molecule has 0 amide bonds. The third kappa shape index (κ3) is 2.61. The molecule has 0 fully saturated rings. The first-order chi connectivity index (χ1) is 8.70. The van der Waals surface area contributed by atoms with Gasteiger partial charge in [0.2, 0.25) is 12.2 Å². The van der Waals surface area contributed by atoms with Crippen LogP contribution in [0.3, 0.4) is 0 Å². The molecule has 0 radical (unpaired) electrons. The van der Waals surface area contributed by atoms with Crippen LogP contribution in [-0.4, -0.2) is 20.2 Å². The molecule has 1 aromatic heterocycles. The van der Waals surface area contributed by atoms with Crippen molar-refractivity contribution in [1.82, 2.24) is 10.1 Å². The maximum atomic E-state index is 10.8. The average Bonchev–Trinajstić information content (AvgIpc) is 2.89. The molecule has 0 aliphatic carbocycles. The van der Waals surface area contributed by atoms with Gasteiger partial charge in [-0.15, -0.1) is 0 Å². The van der Waals surface area contributed by atoms with Gasteiger partial charge in [0.25, 0.3) is 0 Å². The molecule has 0 bridgehead atoms. The smallest absolute Gasteiger partial charge is 0.311 e. The van der Waals surface area contributed by atoms with Crippen LogP contribution in [-0.2, 0) is 13.2 Å². The molecule has 0 unspecified atom stereocenters. The van der Waals surface area contributed by atoms with E-state index < -0.39 is 4.92 Å². The highest BCUT2D eigenvalue weighted by atomic mass is 16.6. The van der Waals surface area contributed by atoms with Gasteiger partial charge in [-0.05, 0) is 11.6 Å². The van der Waals surface area contributed by atoms with Crippen LogP contribution in [0.25, 0.3) is 0 Å². The van der Waals surface area contributed by atoms with Crippen molar-refractivity contribution in [2.24, 2.45) is 0 Å². The molecule has 94 valence electrons. The van der Waals surface area contributed by atoms with Gasteiger partial charge in [0, 0.05) is 6.07 Å². The number of hydrogen-bond acceptors (Lipinski definition) is 7. The predicted octanol–water partition coefficient (Wildman–Crippen LogP) is 1.05.